The van der Waals surface area contributed by atoms with Crippen LogP contribution in [-0.2, 0) is 16.0 Å². The number of aromatic nitrogens is 1. The van der Waals surface area contributed by atoms with E-state index in [1.807, 2.05) is 13.8 Å². The summed E-state index contributed by atoms with van der Waals surface area (Å²) in [5.74, 6) is -0.0138. The Morgan fingerprint density at radius 3 is 3.05 bits per heavy atom. The normalized spacial score (nSPS) is 22.5. The fourth-order valence-electron chi connectivity index (χ4n) is 2.25. The van der Waals surface area contributed by atoms with E-state index in [2.05, 4.69) is 4.98 Å². The van der Waals surface area contributed by atoms with E-state index < -0.39 is 5.60 Å². The summed E-state index contributed by atoms with van der Waals surface area (Å²) in [6.45, 7) is 4.67. The molecule has 1 saturated heterocycles. The van der Waals surface area contributed by atoms with E-state index >= 15 is 0 Å². The second-order valence-electron chi connectivity index (χ2n) is 5.31. The van der Waals surface area contributed by atoms with Gasteiger partial charge in [0.25, 0.3) is 0 Å². The molecule has 0 aliphatic carbocycles. The lowest BCUT2D eigenvalue weighted by molar-refractivity contribution is -0.166. The summed E-state index contributed by atoms with van der Waals surface area (Å²) >= 11 is 1.33. The minimum atomic E-state index is -0.442. The molecule has 0 radical (unpaired) electrons. The second kappa shape index (κ2) is 5.44. The van der Waals surface area contributed by atoms with Gasteiger partial charge in [0.1, 0.15) is 0 Å². The monoisotopic (exact) mass is 285 g/mol. The fraction of sp³-hybridized carbons (Fsp3) is 0.667. The molecule has 2 rings (SSSR count). The number of nitrogen functional groups attached to an aromatic ring is 1. The van der Waals surface area contributed by atoms with Gasteiger partial charge in [-0.2, -0.15) is 0 Å². The van der Waals surface area contributed by atoms with Crippen molar-refractivity contribution in [3.05, 3.63) is 11.1 Å². The van der Waals surface area contributed by atoms with Gasteiger partial charge in [-0.3, -0.25) is 4.79 Å². The lowest BCUT2D eigenvalue weighted by Crippen LogP contribution is -2.55. The number of aliphatic hydroxyl groups excluding tert-OH is 1. The van der Waals surface area contributed by atoms with Gasteiger partial charge in [-0.05, 0) is 13.8 Å². The molecule has 1 aliphatic heterocycles. The van der Waals surface area contributed by atoms with Crippen molar-refractivity contribution in [1.82, 2.24) is 9.88 Å². The summed E-state index contributed by atoms with van der Waals surface area (Å²) in [5.41, 5.74) is 5.80. The molecule has 19 heavy (non-hydrogen) atoms. The Labute approximate surface area is 116 Å². The van der Waals surface area contributed by atoms with Crippen molar-refractivity contribution in [3.8, 4) is 0 Å². The van der Waals surface area contributed by atoms with Gasteiger partial charge < -0.3 is 20.5 Å². The van der Waals surface area contributed by atoms with E-state index in [-0.39, 0.29) is 25.0 Å². The molecule has 0 aromatic carbocycles. The Morgan fingerprint density at radius 2 is 2.47 bits per heavy atom. The average Bonchev–Trinajstić information content (AvgIpc) is 2.72. The third kappa shape index (κ3) is 3.65. The van der Waals surface area contributed by atoms with Crippen molar-refractivity contribution in [2.45, 2.75) is 32.0 Å². The van der Waals surface area contributed by atoms with Crippen LogP contribution in [-0.4, -0.2) is 52.3 Å². The van der Waals surface area contributed by atoms with E-state index in [1.165, 1.54) is 11.3 Å². The molecule has 1 aliphatic rings. The molecule has 1 amide bonds. The second-order valence-corrected chi connectivity index (χ2v) is 6.20. The molecule has 1 fully saturated rings. The number of rotatable bonds is 3. The standard InChI is InChI=1S/C12H19N3O3S/c1-12(2)7-15(4-9(5-16)18-12)10(17)3-8-6-19-11(13)14-8/h6,9,16H,3-5,7H2,1-2H3,(H2,13,14). The van der Waals surface area contributed by atoms with Crippen LogP contribution in [0.1, 0.15) is 19.5 Å². The lowest BCUT2D eigenvalue weighted by Gasteiger charge is -2.42. The van der Waals surface area contributed by atoms with Crippen molar-refractivity contribution in [3.63, 3.8) is 0 Å². The molecular formula is C12H19N3O3S. The predicted octanol–water partition coefficient (Wildman–Crippen LogP) is 0.266. The topological polar surface area (TPSA) is 88.7 Å². The predicted molar refractivity (Wildman–Crippen MR) is 72.8 cm³/mol. The first-order valence-corrected chi connectivity index (χ1v) is 7.04. The van der Waals surface area contributed by atoms with Crippen LogP contribution in [0.2, 0.25) is 0 Å². The Hall–Kier alpha value is -1.18. The van der Waals surface area contributed by atoms with Crippen molar-refractivity contribution in [1.29, 1.82) is 0 Å². The van der Waals surface area contributed by atoms with Gasteiger partial charge >= 0.3 is 0 Å². The number of ether oxygens (including phenoxy) is 1. The number of hydrogen-bond donors (Lipinski definition) is 2. The number of thiazole rings is 1. The molecule has 1 aromatic rings. The first kappa shape index (κ1) is 14.2. The first-order chi connectivity index (χ1) is 8.89. The number of carbonyl (C=O) groups is 1. The van der Waals surface area contributed by atoms with E-state index in [0.717, 1.165) is 0 Å². The van der Waals surface area contributed by atoms with Crippen LogP contribution in [0.5, 0.6) is 0 Å². The Balaban J connectivity index is 2.01. The zero-order valence-electron chi connectivity index (χ0n) is 11.1. The number of anilines is 1. The van der Waals surface area contributed by atoms with E-state index in [9.17, 15) is 9.90 Å². The van der Waals surface area contributed by atoms with E-state index in [1.54, 1.807) is 10.3 Å². The average molecular weight is 285 g/mol. The van der Waals surface area contributed by atoms with Crippen LogP contribution in [0.25, 0.3) is 0 Å². The SMILES string of the molecule is CC1(C)CN(C(=O)Cc2csc(N)n2)CC(CO)O1. The Bertz CT molecular complexity index is 461. The van der Waals surface area contributed by atoms with E-state index in [4.69, 9.17) is 10.5 Å². The van der Waals surface area contributed by atoms with Crippen molar-refractivity contribution >= 4 is 22.4 Å². The number of aliphatic hydroxyl groups is 1. The van der Waals surface area contributed by atoms with Gasteiger partial charge in [-0.25, -0.2) is 4.98 Å². The molecule has 2 heterocycles. The largest absolute Gasteiger partial charge is 0.394 e. The maximum atomic E-state index is 12.2. The van der Waals surface area contributed by atoms with Gasteiger partial charge in [-0.15, -0.1) is 11.3 Å². The minimum Gasteiger partial charge on any atom is -0.394 e. The zero-order chi connectivity index (χ0) is 14.0. The van der Waals surface area contributed by atoms with Crippen LogP contribution in [0.15, 0.2) is 5.38 Å². The molecule has 6 nitrogen and oxygen atoms in total. The van der Waals surface area contributed by atoms with Crippen LogP contribution in [0.3, 0.4) is 0 Å². The summed E-state index contributed by atoms with van der Waals surface area (Å²) in [6, 6.07) is 0. The number of carbonyl (C=O) groups excluding carboxylic acids is 1. The number of morpholine rings is 1. The zero-order valence-corrected chi connectivity index (χ0v) is 11.9. The lowest BCUT2D eigenvalue weighted by atomic mass is 10.0. The quantitative estimate of drug-likeness (QED) is 0.832. The van der Waals surface area contributed by atoms with Gasteiger partial charge in [0.05, 0.1) is 30.4 Å². The van der Waals surface area contributed by atoms with Gasteiger partial charge in [0.2, 0.25) is 5.91 Å². The molecule has 1 atom stereocenters. The maximum absolute atomic E-state index is 12.2. The van der Waals surface area contributed by atoms with Crippen molar-refractivity contribution in [2.24, 2.45) is 0 Å². The molecule has 1 aromatic heterocycles. The number of nitrogens with zero attached hydrogens (tertiary/aromatic N) is 2. The van der Waals surface area contributed by atoms with Crippen molar-refractivity contribution < 1.29 is 14.6 Å². The number of hydrogen-bond acceptors (Lipinski definition) is 6. The van der Waals surface area contributed by atoms with Gasteiger partial charge in [-0.1, -0.05) is 0 Å². The Morgan fingerprint density at radius 1 is 1.74 bits per heavy atom. The molecule has 0 bridgehead atoms. The minimum absolute atomic E-state index is 0.0138. The molecule has 106 valence electrons. The fourth-order valence-corrected chi connectivity index (χ4v) is 2.81. The summed E-state index contributed by atoms with van der Waals surface area (Å²) in [5, 5.41) is 11.5. The molecule has 7 heteroatoms. The molecule has 3 N–H and O–H groups in total. The molecule has 0 spiro atoms. The summed E-state index contributed by atoms with van der Waals surface area (Å²) in [4.78, 5) is 18.0. The first-order valence-electron chi connectivity index (χ1n) is 6.16. The molecule has 0 saturated carbocycles. The highest BCUT2D eigenvalue weighted by molar-refractivity contribution is 7.13. The van der Waals surface area contributed by atoms with Crippen LogP contribution < -0.4 is 5.73 Å². The summed E-state index contributed by atoms with van der Waals surface area (Å²) in [6.07, 6.45) is -0.0877. The highest BCUT2D eigenvalue weighted by Crippen LogP contribution is 2.22. The van der Waals surface area contributed by atoms with Gasteiger partial charge in [0.15, 0.2) is 5.13 Å². The number of amides is 1. The molecular weight excluding hydrogens is 266 g/mol. The van der Waals surface area contributed by atoms with Crippen LogP contribution in [0, 0.1) is 0 Å². The summed E-state index contributed by atoms with van der Waals surface area (Å²) in [7, 11) is 0. The maximum Gasteiger partial charge on any atom is 0.228 e. The third-order valence-corrected chi connectivity index (χ3v) is 3.66. The van der Waals surface area contributed by atoms with Crippen LogP contribution in [0.4, 0.5) is 5.13 Å². The van der Waals surface area contributed by atoms with E-state index in [0.29, 0.717) is 23.9 Å². The van der Waals surface area contributed by atoms with Gasteiger partial charge in [0, 0.05) is 18.5 Å². The molecule has 1 unspecified atom stereocenters. The Kier molecular flexibility index (Phi) is 4.07. The van der Waals surface area contributed by atoms with Crippen LogP contribution >= 0.6 is 11.3 Å². The smallest absolute Gasteiger partial charge is 0.228 e. The summed E-state index contributed by atoms with van der Waals surface area (Å²) < 4.78 is 5.68. The third-order valence-electron chi connectivity index (χ3n) is 2.94. The highest BCUT2D eigenvalue weighted by atomic mass is 32.1. The highest BCUT2D eigenvalue weighted by Gasteiger charge is 2.35. The van der Waals surface area contributed by atoms with Crippen molar-refractivity contribution in [2.75, 3.05) is 25.4 Å². The number of nitrogens with two attached hydrogens (primary N) is 1.